The molecule has 1 nitrogen and oxygen atoms in total. The maximum atomic E-state index is 6.27. The SMILES string of the molecule is CCCNC(c1ccc(I)c(Cl)c1)c1cc(Br)sc1Br. The molecule has 1 unspecified atom stereocenters. The average molecular weight is 549 g/mol. The van der Waals surface area contributed by atoms with Crippen molar-refractivity contribution in [3.8, 4) is 0 Å². The number of nitrogens with one attached hydrogen (secondary N) is 1. The van der Waals surface area contributed by atoms with Crippen LogP contribution in [0.3, 0.4) is 0 Å². The molecular weight excluding hydrogens is 536 g/mol. The van der Waals surface area contributed by atoms with Crippen molar-refractivity contribution in [1.29, 1.82) is 0 Å². The second-order valence-corrected chi connectivity index (χ2v) is 9.66. The summed E-state index contributed by atoms with van der Waals surface area (Å²) in [5.74, 6) is 0. The lowest BCUT2D eigenvalue weighted by molar-refractivity contribution is 0.598. The Morgan fingerprint density at radius 2 is 2.10 bits per heavy atom. The van der Waals surface area contributed by atoms with Crippen LogP contribution >= 0.6 is 77.4 Å². The number of hydrogen-bond acceptors (Lipinski definition) is 2. The van der Waals surface area contributed by atoms with Crippen LogP contribution < -0.4 is 5.32 Å². The molecule has 0 spiro atoms. The monoisotopic (exact) mass is 547 g/mol. The van der Waals surface area contributed by atoms with E-state index in [9.17, 15) is 0 Å². The molecule has 2 aromatic rings. The van der Waals surface area contributed by atoms with Crippen molar-refractivity contribution in [3.63, 3.8) is 0 Å². The summed E-state index contributed by atoms with van der Waals surface area (Å²) in [6, 6.07) is 8.57. The molecule has 0 bridgehead atoms. The molecular formula is C14H13Br2ClINS. The third-order valence-electron chi connectivity index (χ3n) is 2.87. The minimum atomic E-state index is 0.154. The van der Waals surface area contributed by atoms with Crippen molar-refractivity contribution in [1.82, 2.24) is 5.32 Å². The first-order chi connectivity index (χ1) is 9.52. The van der Waals surface area contributed by atoms with E-state index in [0.717, 1.165) is 29.1 Å². The minimum absolute atomic E-state index is 0.154. The maximum Gasteiger partial charge on any atom is 0.0761 e. The molecule has 108 valence electrons. The van der Waals surface area contributed by atoms with E-state index in [1.165, 1.54) is 11.1 Å². The normalized spacial score (nSPS) is 12.7. The van der Waals surface area contributed by atoms with Gasteiger partial charge in [0.1, 0.15) is 0 Å². The van der Waals surface area contributed by atoms with Crippen molar-refractivity contribution >= 4 is 77.4 Å². The van der Waals surface area contributed by atoms with Crippen LogP contribution in [-0.2, 0) is 0 Å². The molecule has 0 aliphatic heterocycles. The Kier molecular flexibility index (Phi) is 6.82. The average Bonchev–Trinajstić information content (AvgIpc) is 2.73. The fourth-order valence-corrected chi connectivity index (χ4v) is 5.36. The number of thiophene rings is 1. The molecule has 0 aliphatic carbocycles. The summed E-state index contributed by atoms with van der Waals surface area (Å²) in [5.41, 5.74) is 2.43. The summed E-state index contributed by atoms with van der Waals surface area (Å²) >= 11 is 17.4. The fraction of sp³-hybridized carbons (Fsp3) is 0.286. The van der Waals surface area contributed by atoms with E-state index < -0.39 is 0 Å². The fourth-order valence-electron chi connectivity index (χ4n) is 1.94. The third-order valence-corrected chi connectivity index (χ3v) is 6.83. The molecule has 0 radical (unpaired) electrons. The lowest BCUT2D eigenvalue weighted by atomic mass is 10.0. The smallest absolute Gasteiger partial charge is 0.0761 e. The van der Waals surface area contributed by atoms with Gasteiger partial charge in [0.2, 0.25) is 0 Å². The topological polar surface area (TPSA) is 12.0 Å². The Bertz CT molecular complexity index is 603. The van der Waals surface area contributed by atoms with Crippen LogP contribution in [0.4, 0.5) is 0 Å². The van der Waals surface area contributed by atoms with Crippen molar-refractivity contribution < 1.29 is 0 Å². The minimum Gasteiger partial charge on any atom is -0.306 e. The van der Waals surface area contributed by atoms with Gasteiger partial charge in [-0.1, -0.05) is 24.6 Å². The Balaban J connectivity index is 2.41. The van der Waals surface area contributed by atoms with E-state index >= 15 is 0 Å². The van der Waals surface area contributed by atoms with Gasteiger partial charge in [0.25, 0.3) is 0 Å². The van der Waals surface area contributed by atoms with Crippen molar-refractivity contribution in [2.75, 3.05) is 6.54 Å². The molecule has 1 heterocycles. The molecule has 1 N–H and O–H groups in total. The first-order valence-electron chi connectivity index (χ1n) is 6.16. The van der Waals surface area contributed by atoms with E-state index in [1.54, 1.807) is 11.3 Å². The molecule has 20 heavy (non-hydrogen) atoms. The van der Waals surface area contributed by atoms with Gasteiger partial charge in [-0.15, -0.1) is 11.3 Å². The van der Waals surface area contributed by atoms with Crippen LogP contribution in [0.1, 0.15) is 30.5 Å². The van der Waals surface area contributed by atoms with Gasteiger partial charge in [-0.2, -0.15) is 0 Å². The molecule has 2 rings (SSSR count). The van der Waals surface area contributed by atoms with Crippen LogP contribution in [0.2, 0.25) is 5.02 Å². The second-order valence-electron chi connectivity index (χ2n) is 4.34. The summed E-state index contributed by atoms with van der Waals surface area (Å²) < 4.78 is 3.35. The number of rotatable bonds is 5. The summed E-state index contributed by atoms with van der Waals surface area (Å²) in [6.07, 6.45) is 1.09. The summed E-state index contributed by atoms with van der Waals surface area (Å²) in [4.78, 5) is 0. The van der Waals surface area contributed by atoms with Gasteiger partial charge in [-0.3, -0.25) is 0 Å². The number of benzene rings is 1. The summed E-state index contributed by atoms with van der Waals surface area (Å²) in [7, 11) is 0. The van der Waals surface area contributed by atoms with Crippen molar-refractivity contribution in [2.24, 2.45) is 0 Å². The summed E-state index contributed by atoms with van der Waals surface area (Å²) in [6.45, 7) is 3.14. The largest absolute Gasteiger partial charge is 0.306 e. The van der Waals surface area contributed by atoms with E-state index in [-0.39, 0.29) is 6.04 Å². The first kappa shape index (κ1) is 17.2. The molecule has 1 aromatic heterocycles. The Morgan fingerprint density at radius 1 is 1.35 bits per heavy atom. The van der Waals surface area contributed by atoms with Crippen LogP contribution in [0.25, 0.3) is 0 Å². The zero-order chi connectivity index (χ0) is 14.7. The lowest BCUT2D eigenvalue weighted by Crippen LogP contribution is -2.23. The Labute approximate surface area is 158 Å². The molecule has 0 saturated carbocycles. The van der Waals surface area contributed by atoms with E-state index in [1.807, 2.05) is 0 Å². The van der Waals surface area contributed by atoms with Crippen LogP contribution in [-0.4, -0.2) is 6.54 Å². The number of hydrogen-bond donors (Lipinski definition) is 1. The molecule has 0 fully saturated rings. The van der Waals surface area contributed by atoms with Gasteiger partial charge in [0.05, 0.1) is 18.6 Å². The van der Waals surface area contributed by atoms with Gasteiger partial charge in [0, 0.05) is 3.57 Å². The standard InChI is InChI=1S/C14H13Br2ClINS/c1-2-5-19-13(9-7-12(15)20-14(9)16)8-3-4-11(18)10(17)6-8/h3-4,6-7,13,19H,2,5H2,1H3. The third kappa shape index (κ3) is 4.20. The highest BCUT2D eigenvalue weighted by atomic mass is 127. The molecule has 0 saturated heterocycles. The zero-order valence-electron chi connectivity index (χ0n) is 10.7. The quantitative estimate of drug-likeness (QED) is 0.414. The van der Waals surface area contributed by atoms with Gasteiger partial charge in [-0.25, -0.2) is 0 Å². The van der Waals surface area contributed by atoms with Gasteiger partial charge in [-0.05, 0) is 96.7 Å². The Morgan fingerprint density at radius 3 is 2.65 bits per heavy atom. The van der Waals surface area contributed by atoms with Crippen LogP contribution in [0.15, 0.2) is 31.8 Å². The molecule has 0 aliphatic rings. The van der Waals surface area contributed by atoms with Gasteiger partial charge < -0.3 is 5.32 Å². The molecule has 1 aromatic carbocycles. The van der Waals surface area contributed by atoms with E-state index in [2.05, 4.69) is 91.0 Å². The van der Waals surface area contributed by atoms with Crippen molar-refractivity contribution in [3.05, 3.63) is 51.6 Å². The van der Waals surface area contributed by atoms with Gasteiger partial charge in [0.15, 0.2) is 0 Å². The van der Waals surface area contributed by atoms with E-state index in [4.69, 9.17) is 11.6 Å². The van der Waals surface area contributed by atoms with Crippen molar-refractivity contribution in [2.45, 2.75) is 19.4 Å². The van der Waals surface area contributed by atoms with Crippen LogP contribution in [0.5, 0.6) is 0 Å². The second kappa shape index (κ2) is 7.92. The first-order valence-corrected chi connectivity index (χ1v) is 10.0. The molecule has 1 atom stereocenters. The number of halogens is 4. The summed E-state index contributed by atoms with van der Waals surface area (Å²) in [5, 5.41) is 4.40. The highest BCUT2D eigenvalue weighted by molar-refractivity contribution is 14.1. The van der Waals surface area contributed by atoms with Crippen LogP contribution in [0, 0.1) is 3.57 Å². The highest BCUT2D eigenvalue weighted by Gasteiger charge is 2.19. The predicted octanol–water partition coefficient (Wildman–Crippen LogP) is 6.62. The Hall–Kier alpha value is 0.860. The zero-order valence-corrected chi connectivity index (χ0v) is 17.6. The highest BCUT2D eigenvalue weighted by Crippen LogP contribution is 2.38. The van der Waals surface area contributed by atoms with E-state index in [0.29, 0.717) is 0 Å². The van der Waals surface area contributed by atoms with Gasteiger partial charge >= 0.3 is 0 Å². The molecule has 0 amide bonds. The molecule has 6 heteroatoms. The maximum absolute atomic E-state index is 6.27. The lowest BCUT2D eigenvalue weighted by Gasteiger charge is -2.19. The predicted molar refractivity (Wildman–Crippen MR) is 104 cm³/mol.